The zero-order valence-electron chi connectivity index (χ0n) is 26.4. The molecule has 6 amide bonds. The summed E-state index contributed by atoms with van der Waals surface area (Å²) in [5, 5.41) is 7.72. The zero-order valence-corrected chi connectivity index (χ0v) is 26.4. The van der Waals surface area contributed by atoms with E-state index < -0.39 is 81.8 Å². The van der Waals surface area contributed by atoms with E-state index in [0.717, 1.165) is 28.3 Å². The van der Waals surface area contributed by atoms with Gasteiger partial charge in [-0.15, -0.1) is 0 Å². The average Bonchev–Trinajstić information content (AvgIpc) is 2.89. The van der Waals surface area contributed by atoms with Gasteiger partial charge >= 0.3 is 30.2 Å². The first-order chi connectivity index (χ1) is 19.6. The molecule has 1 fully saturated rings. The number of esters is 2. The molecule has 1 heterocycles. The molecule has 0 aromatic rings. The molecule has 17 heteroatoms. The number of hydrazone groups is 2. The van der Waals surface area contributed by atoms with Crippen LogP contribution in [0.15, 0.2) is 10.2 Å². The zero-order chi connectivity index (χ0) is 33.7. The van der Waals surface area contributed by atoms with Crippen molar-refractivity contribution in [1.29, 1.82) is 0 Å². The summed E-state index contributed by atoms with van der Waals surface area (Å²) < 4.78 is 20.1. The fourth-order valence-corrected chi connectivity index (χ4v) is 4.31. The number of amides is 6. The summed E-state index contributed by atoms with van der Waals surface area (Å²) in [4.78, 5) is 93.5. The van der Waals surface area contributed by atoms with Crippen LogP contribution >= 0.6 is 0 Å². The molecule has 1 aliphatic rings. The number of imide groups is 2. The third kappa shape index (κ3) is 8.26. The van der Waals surface area contributed by atoms with Crippen LogP contribution in [0.4, 0.5) is 14.4 Å². The van der Waals surface area contributed by atoms with Gasteiger partial charge in [-0.3, -0.25) is 29.0 Å². The van der Waals surface area contributed by atoms with E-state index >= 15 is 0 Å². The van der Waals surface area contributed by atoms with Gasteiger partial charge in [0.2, 0.25) is 11.8 Å². The third-order valence-corrected chi connectivity index (χ3v) is 5.96. The number of rotatable bonds is 8. The highest BCUT2D eigenvalue weighted by Gasteiger charge is 2.69. The van der Waals surface area contributed by atoms with Gasteiger partial charge in [-0.1, -0.05) is 0 Å². The van der Waals surface area contributed by atoms with Crippen molar-refractivity contribution in [2.75, 3.05) is 28.3 Å². The SMILES string of the molecule is COC(=O)C(/C(C)=N/NC(=O)OC(C)(C)C)C1(C(C(=O)OC)/C(C)=N/NC(=O)OC(C)(C)C)C(=O)N(C)C(=O)N(C)C1=O. The van der Waals surface area contributed by atoms with Crippen molar-refractivity contribution in [2.24, 2.45) is 27.5 Å². The van der Waals surface area contributed by atoms with Crippen LogP contribution in [0, 0.1) is 17.3 Å². The molecule has 0 spiro atoms. The molecule has 43 heavy (non-hydrogen) atoms. The van der Waals surface area contributed by atoms with E-state index in [-0.39, 0.29) is 0 Å². The summed E-state index contributed by atoms with van der Waals surface area (Å²) in [7, 11) is 3.96. The van der Waals surface area contributed by atoms with Crippen molar-refractivity contribution in [1.82, 2.24) is 20.7 Å². The van der Waals surface area contributed by atoms with Crippen LogP contribution in [0.25, 0.3) is 0 Å². The Balaban J connectivity index is 4.07. The van der Waals surface area contributed by atoms with Crippen LogP contribution in [-0.2, 0) is 38.1 Å². The molecule has 2 N–H and O–H groups in total. The molecule has 2 atom stereocenters. The fraction of sp³-hybridized carbons (Fsp3) is 0.654. The van der Waals surface area contributed by atoms with Crippen molar-refractivity contribution < 1.29 is 52.5 Å². The highest BCUT2D eigenvalue weighted by atomic mass is 16.6. The first kappa shape index (κ1) is 36.5. The summed E-state index contributed by atoms with van der Waals surface area (Å²) >= 11 is 0. The van der Waals surface area contributed by atoms with Gasteiger partial charge in [0, 0.05) is 14.1 Å². The highest BCUT2D eigenvalue weighted by molar-refractivity contribution is 6.28. The largest absolute Gasteiger partial charge is 0.468 e. The van der Waals surface area contributed by atoms with Crippen LogP contribution in [0.5, 0.6) is 0 Å². The Kier molecular flexibility index (Phi) is 11.5. The summed E-state index contributed by atoms with van der Waals surface area (Å²) in [5.41, 5.74) is -1.35. The second-order valence-electron chi connectivity index (χ2n) is 11.5. The molecule has 1 rings (SSSR count). The minimum absolute atomic E-state index is 0.391. The van der Waals surface area contributed by atoms with E-state index in [1.165, 1.54) is 13.8 Å². The van der Waals surface area contributed by atoms with Crippen molar-refractivity contribution in [2.45, 2.75) is 66.6 Å². The monoisotopic (exact) mass is 612 g/mol. The molecule has 0 aromatic carbocycles. The minimum Gasteiger partial charge on any atom is -0.468 e. The van der Waals surface area contributed by atoms with Gasteiger partial charge in [-0.2, -0.15) is 10.2 Å². The molecule has 0 aromatic heterocycles. The summed E-state index contributed by atoms with van der Waals surface area (Å²) in [6.45, 7) is 11.9. The molecule has 17 nitrogen and oxygen atoms in total. The lowest BCUT2D eigenvalue weighted by Gasteiger charge is -2.47. The number of urea groups is 1. The van der Waals surface area contributed by atoms with E-state index in [0.29, 0.717) is 9.80 Å². The number of barbiturate groups is 1. The number of carbonyl (C=O) groups is 7. The molecule has 0 radical (unpaired) electrons. The molecular formula is C26H40N6O11. The maximum atomic E-state index is 14.1. The number of nitrogens with one attached hydrogen (secondary N) is 2. The number of hydrogen-bond acceptors (Lipinski definition) is 13. The average molecular weight is 613 g/mol. The maximum Gasteiger partial charge on any atom is 0.428 e. The van der Waals surface area contributed by atoms with Crippen molar-refractivity contribution >= 4 is 53.4 Å². The number of methoxy groups -OCH3 is 2. The van der Waals surface area contributed by atoms with Crippen molar-refractivity contribution in [3.8, 4) is 0 Å². The molecule has 0 saturated carbocycles. The second-order valence-corrected chi connectivity index (χ2v) is 11.5. The normalized spacial score (nSPS) is 17.5. The molecule has 0 bridgehead atoms. The number of ether oxygens (including phenoxy) is 4. The fourth-order valence-electron chi connectivity index (χ4n) is 4.31. The molecule has 2 unspecified atom stereocenters. The highest BCUT2D eigenvalue weighted by Crippen LogP contribution is 2.45. The summed E-state index contributed by atoms with van der Waals surface area (Å²) in [6.07, 6.45) is -2.09. The van der Waals surface area contributed by atoms with E-state index in [9.17, 15) is 33.6 Å². The van der Waals surface area contributed by atoms with Crippen LogP contribution in [0.1, 0.15) is 55.4 Å². The van der Waals surface area contributed by atoms with Gasteiger partial charge in [0.05, 0.1) is 25.6 Å². The van der Waals surface area contributed by atoms with Gasteiger partial charge in [0.15, 0.2) is 5.41 Å². The Morgan fingerprint density at radius 3 is 1.26 bits per heavy atom. The van der Waals surface area contributed by atoms with E-state index in [4.69, 9.17) is 18.9 Å². The predicted molar refractivity (Wildman–Crippen MR) is 149 cm³/mol. The Hall–Kier alpha value is -4.57. The lowest BCUT2D eigenvalue weighted by molar-refractivity contribution is -0.175. The van der Waals surface area contributed by atoms with Gasteiger partial charge in [-0.25, -0.2) is 25.2 Å². The Bertz CT molecular complexity index is 1140. The number of nitrogens with zero attached hydrogens (tertiary/aromatic N) is 4. The van der Waals surface area contributed by atoms with Crippen molar-refractivity contribution in [3.05, 3.63) is 0 Å². The third-order valence-electron chi connectivity index (χ3n) is 5.96. The van der Waals surface area contributed by atoms with E-state index in [1.807, 2.05) is 0 Å². The summed E-state index contributed by atoms with van der Waals surface area (Å²) in [6, 6.07) is -1.07. The minimum atomic E-state index is -2.86. The molecule has 0 aliphatic carbocycles. The van der Waals surface area contributed by atoms with Crippen LogP contribution in [0.2, 0.25) is 0 Å². The standard InChI is InChI=1S/C26H40N6O11/c1-13(27-29-21(37)42-24(3,4)5)15(17(33)40-11)26(19(35)31(9)23(39)32(10)20(26)36)16(18(34)41-12)14(2)28-30-22(38)43-25(6,7)8/h15-16H,1-12H3,(H,29,37)(H,30,38)/b27-13+,28-14+. The number of carbonyl (C=O) groups excluding carboxylic acids is 7. The van der Waals surface area contributed by atoms with Gasteiger partial charge < -0.3 is 18.9 Å². The summed E-state index contributed by atoms with van der Waals surface area (Å²) in [5.74, 6) is -9.23. The van der Waals surface area contributed by atoms with Crippen LogP contribution in [0.3, 0.4) is 0 Å². The van der Waals surface area contributed by atoms with Crippen molar-refractivity contribution in [3.63, 3.8) is 0 Å². The molecule has 240 valence electrons. The topological polar surface area (TPSA) is 212 Å². The lowest BCUT2D eigenvalue weighted by atomic mass is 9.60. The lowest BCUT2D eigenvalue weighted by Crippen LogP contribution is -2.71. The van der Waals surface area contributed by atoms with E-state index in [1.54, 1.807) is 41.5 Å². The Morgan fingerprint density at radius 2 is 1.00 bits per heavy atom. The van der Waals surface area contributed by atoms with Gasteiger partial charge in [0.1, 0.15) is 23.0 Å². The molecule has 1 saturated heterocycles. The smallest absolute Gasteiger partial charge is 0.428 e. The molecular weight excluding hydrogens is 572 g/mol. The van der Waals surface area contributed by atoms with E-state index in [2.05, 4.69) is 21.1 Å². The quantitative estimate of drug-likeness (QED) is 0.131. The first-order valence-corrected chi connectivity index (χ1v) is 12.9. The predicted octanol–water partition coefficient (Wildman–Crippen LogP) is 1.40. The van der Waals surface area contributed by atoms with Crippen LogP contribution in [-0.4, -0.2) is 103 Å². The maximum absolute atomic E-state index is 14.1. The van der Waals surface area contributed by atoms with Gasteiger partial charge in [0.25, 0.3) is 0 Å². The Labute approximate surface area is 249 Å². The molecule has 1 aliphatic heterocycles. The number of hydrogen-bond donors (Lipinski definition) is 2. The second kappa shape index (κ2) is 13.6. The first-order valence-electron chi connectivity index (χ1n) is 12.9. The Morgan fingerprint density at radius 1 is 0.698 bits per heavy atom. The van der Waals surface area contributed by atoms with Crippen LogP contribution < -0.4 is 10.9 Å². The van der Waals surface area contributed by atoms with Gasteiger partial charge in [-0.05, 0) is 55.4 Å².